The minimum Gasteiger partial charge on any atom is -0.330 e. The third-order valence-electron chi connectivity index (χ3n) is 4.21. The van der Waals surface area contributed by atoms with E-state index in [9.17, 15) is 22.6 Å². The number of nitrogens with two attached hydrogens (primary N) is 2. The van der Waals surface area contributed by atoms with Crippen molar-refractivity contribution < 1.29 is 22.6 Å². The second-order valence-corrected chi connectivity index (χ2v) is 7.80. The third-order valence-corrected chi connectivity index (χ3v) is 5.12. The Morgan fingerprint density at radius 1 is 1.27 bits per heavy atom. The molecule has 2 aromatic rings. The molecule has 1 atom stereocenters. The first kappa shape index (κ1) is 23.3. The van der Waals surface area contributed by atoms with E-state index in [1.165, 1.54) is 30.5 Å². The zero-order valence-electron chi connectivity index (χ0n) is 16.1. The van der Waals surface area contributed by atoms with Crippen LogP contribution in [0.1, 0.15) is 45.5 Å². The number of nitrogens with zero attached hydrogens (tertiary/aromatic N) is 2. The number of nitrogens with one attached hydrogen (secondary N) is 1. The summed E-state index contributed by atoms with van der Waals surface area (Å²) in [4.78, 5) is 26.9. The standard InChI is InChI=1S/C19H23N5O5S/c20-9-2-1-5-16(21)19(26)14-4-3-6-17(30(27,28)29)15(14)11-23-24-18-8-7-13(12-25)10-22-18/h3-4,6-8,10-12,16H,1-2,5,9,20-21H2,(H,22,24)(H,27,28,29)/t16-/m0/s1. The quantitative estimate of drug-likeness (QED) is 0.101. The number of ketones is 1. The summed E-state index contributed by atoms with van der Waals surface area (Å²) in [6, 6.07) is 6.07. The summed E-state index contributed by atoms with van der Waals surface area (Å²) >= 11 is 0. The number of aromatic nitrogens is 1. The van der Waals surface area contributed by atoms with Gasteiger partial charge in [-0.1, -0.05) is 18.6 Å². The van der Waals surface area contributed by atoms with Gasteiger partial charge in [-0.15, -0.1) is 0 Å². The Bertz CT molecular complexity index is 1020. The highest BCUT2D eigenvalue weighted by atomic mass is 32.2. The van der Waals surface area contributed by atoms with Crippen molar-refractivity contribution in [2.45, 2.75) is 30.2 Å². The number of hydrogen-bond donors (Lipinski definition) is 4. The van der Waals surface area contributed by atoms with Gasteiger partial charge in [-0.2, -0.15) is 13.5 Å². The van der Waals surface area contributed by atoms with Crippen molar-refractivity contribution in [1.29, 1.82) is 0 Å². The van der Waals surface area contributed by atoms with Crippen molar-refractivity contribution in [2.75, 3.05) is 12.0 Å². The second-order valence-electron chi connectivity index (χ2n) is 6.41. The van der Waals surface area contributed by atoms with Crippen LogP contribution in [0.3, 0.4) is 0 Å². The molecule has 30 heavy (non-hydrogen) atoms. The molecular formula is C19H23N5O5S. The van der Waals surface area contributed by atoms with Crippen molar-refractivity contribution >= 4 is 34.2 Å². The molecule has 160 valence electrons. The number of rotatable bonds is 11. The van der Waals surface area contributed by atoms with Gasteiger partial charge in [0.15, 0.2) is 12.1 Å². The molecule has 0 aliphatic rings. The van der Waals surface area contributed by atoms with Gasteiger partial charge >= 0.3 is 0 Å². The lowest BCUT2D eigenvalue weighted by Gasteiger charge is -2.14. The van der Waals surface area contributed by atoms with E-state index in [1.807, 2.05) is 0 Å². The van der Waals surface area contributed by atoms with Crippen LogP contribution in [0.5, 0.6) is 0 Å². The molecule has 1 heterocycles. The number of aldehydes is 1. The minimum absolute atomic E-state index is 0.0141. The summed E-state index contributed by atoms with van der Waals surface area (Å²) in [5.41, 5.74) is 14.3. The molecule has 0 saturated carbocycles. The molecule has 2 rings (SSSR count). The van der Waals surface area contributed by atoms with Crippen LogP contribution in [0.2, 0.25) is 0 Å². The summed E-state index contributed by atoms with van der Waals surface area (Å²) in [6.07, 6.45) is 4.80. The van der Waals surface area contributed by atoms with Crippen LogP contribution in [0, 0.1) is 0 Å². The van der Waals surface area contributed by atoms with E-state index in [1.54, 1.807) is 0 Å². The highest BCUT2D eigenvalue weighted by molar-refractivity contribution is 7.86. The summed E-state index contributed by atoms with van der Waals surface area (Å²) in [5.74, 6) is -0.194. The van der Waals surface area contributed by atoms with Crippen LogP contribution in [-0.2, 0) is 10.1 Å². The Balaban J connectivity index is 2.34. The Morgan fingerprint density at radius 3 is 2.63 bits per heavy atom. The fraction of sp³-hybridized carbons (Fsp3) is 0.263. The van der Waals surface area contributed by atoms with Crippen LogP contribution in [0.4, 0.5) is 5.82 Å². The van der Waals surface area contributed by atoms with Gasteiger partial charge in [0, 0.05) is 22.9 Å². The summed E-state index contributed by atoms with van der Waals surface area (Å²) in [7, 11) is -4.62. The molecule has 0 spiro atoms. The number of hydrogen-bond acceptors (Lipinski definition) is 9. The van der Waals surface area contributed by atoms with Crippen molar-refractivity contribution in [3.8, 4) is 0 Å². The van der Waals surface area contributed by atoms with E-state index in [4.69, 9.17) is 11.5 Å². The van der Waals surface area contributed by atoms with Gasteiger partial charge in [0.1, 0.15) is 10.7 Å². The van der Waals surface area contributed by atoms with Gasteiger partial charge in [-0.3, -0.25) is 19.6 Å². The number of unbranched alkanes of at least 4 members (excludes halogenated alkanes) is 1. The highest BCUT2D eigenvalue weighted by Crippen LogP contribution is 2.20. The Morgan fingerprint density at radius 2 is 2.03 bits per heavy atom. The van der Waals surface area contributed by atoms with Crippen LogP contribution in [-0.4, -0.2) is 48.8 Å². The van der Waals surface area contributed by atoms with Crippen LogP contribution < -0.4 is 16.9 Å². The first-order chi connectivity index (χ1) is 14.3. The fourth-order valence-corrected chi connectivity index (χ4v) is 3.35. The molecule has 0 amide bonds. The maximum atomic E-state index is 12.8. The van der Waals surface area contributed by atoms with Crippen molar-refractivity contribution in [3.05, 3.63) is 53.2 Å². The molecule has 11 heteroatoms. The maximum absolute atomic E-state index is 12.8. The molecule has 0 fully saturated rings. The van der Waals surface area contributed by atoms with Crippen LogP contribution in [0.25, 0.3) is 0 Å². The lowest BCUT2D eigenvalue weighted by Crippen LogP contribution is -2.31. The third kappa shape index (κ3) is 6.26. The van der Waals surface area contributed by atoms with Gasteiger partial charge in [-0.25, -0.2) is 4.98 Å². The fourth-order valence-electron chi connectivity index (χ4n) is 2.66. The van der Waals surface area contributed by atoms with Crippen molar-refractivity contribution in [3.63, 3.8) is 0 Å². The smallest absolute Gasteiger partial charge is 0.295 e. The molecule has 6 N–H and O–H groups in total. The van der Waals surface area contributed by atoms with Gasteiger partial charge in [0.25, 0.3) is 10.1 Å². The van der Waals surface area contributed by atoms with Gasteiger partial charge < -0.3 is 11.5 Å². The molecule has 0 radical (unpaired) electrons. The first-order valence-corrected chi connectivity index (χ1v) is 10.5. The number of pyridine rings is 1. The molecule has 0 aliphatic heterocycles. The lowest BCUT2D eigenvalue weighted by atomic mass is 9.96. The normalized spacial score (nSPS) is 12.6. The minimum atomic E-state index is -4.62. The predicted octanol–water partition coefficient (Wildman–Crippen LogP) is 1.23. The predicted molar refractivity (Wildman–Crippen MR) is 112 cm³/mol. The summed E-state index contributed by atoms with van der Waals surface area (Å²) in [5, 5.41) is 3.91. The van der Waals surface area contributed by atoms with E-state index in [0.717, 1.165) is 12.3 Å². The molecule has 0 unspecified atom stereocenters. The lowest BCUT2D eigenvalue weighted by molar-refractivity contribution is 0.0955. The molecule has 0 bridgehead atoms. The van der Waals surface area contributed by atoms with E-state index < -0.39 is 26.8 Å². The SMILES string of the molecule is NCCCC[C@H](N)C(=O)c1cccc(S(=O)(=O)O)c1C=NNc1ccc(C=O)cn1. The first-order valence-electron chi connectivity index (χ1n) is 9.08. The average molecular weight is 433 g/mol. The number of Topliss-reactive ketones (excluding diaryl/α,β-unsaturated/α-hetero) is 1. The van der Waals surface area contributed by atoms with Crippen molar-refractivity contribution in [2.24, 2.45) is 16.6 Å². The average Bonchev–Trinajstić information content (AvgIpc) is 2.73. The van der Waals surface area contributed by atoms with E-state index in [0.29, 0.717) is 37.7 Å². The Hall–Kier alpha value is -2.99. The van der Waals surface area contributed by atoms with E-state index >= 15 is 0 Å². The van der Waals surface area contributed by atoms with Gasteiger partial charge in [0.05, 0.1) is 12.3 Å². The maximum Gasteiger partial charge on any atom is 0.295 e. The molecule has 0 aliphatic carbocycles. The second kappa shape index (κ2) is 10.7. The van der Waals surface area contributed by atoms with Crippen molar-refractivity contribution in [1.82, 2.24) is 4.98 Å². The van der Waals surface area contributed by atoms with E-state index in [-0.39, 0.29) is 16.9 Å². The Kier molecular flexibility index (Phi) is 8.30. The molecule has 10 nitrogen and oxygen atoms in total. The number of hydrazone groups is 1. The summed E-state index contributed by atoms with van der Waals surface area (Å²) < 4.78 is 33.1. The number of carbonyl (C=O) groups excluding carboxylic acids is 2. The molecule has 1 aromatic carbocycles. The highest BCUT2D eigenvalue weighted by Gasteiger charge is 2.23. The molecular weight excluding hydrogens is 410 g/mol. The van der Waals surface area contributed by atoms with Crippen LogP contribution >= 0.6 is 0 Å². The molecule has 0 saturated heterocycles. The van der Waals surface area contributed by atoms with Gasteiger partial charge in [-0.05, 0) is 37.6 Å². The number of anilines is 1. The zero-order valence-corrected chi connectivity index (χ0v) is 16.9. The number of benzene rings is 1. The van der Waals surface area contributed by atoms with Crippen LogP contribution in [0.15, 0.2) is 46.5 Å². The van der Waals surface area contributed by atoms with Gasteiger partial charge in [0.2, 0.25) is 0 Å². The monoisotopic (exact) mass is 433 g/mol. The largest absolute Gasteiger partial charge is 0.330 e. The number of carbonyl (C=O) groups is 2. The van der Waals surface area contributed by atoms with E-state index in [2.05, 4.69) is 15.5 Å². The Labute approximate surface area is 174 Å². The molecule has 1 aromatic heterocycles. The summed E-state index contributed by atoms with van der Waals surface area (Å²) in [6.45, 7) is 0.477. The zero-order chi connectivity index (χ0) is 22.1. The topological polar surface area (TPSA) is 178 Å².